The number of allylic oxidation sites excluding steroid dienone is 2. The zero-order chi connectivity index (χ0) is 20.1. The summed E-state index contributed by atoms with van der Waals surface area (Å²) in [5.74, 6) is -0.258. The summed E-state index contributed by atoms with van der Waals surface area (Å²) in [7, 11) is 0. The molecule has 1 aliphatic carbocycles. The number of carbonyl (C=O) groups excluding carboxylic acids is 2. The van der Waals surface area contributed by atoms with Crippen molar-refractivity contribution in [2.45, 2.75) is 51.1 Å². The molecule has 2 N–H and O–H groups in total. The minimum absolute atomic E-state index is 0.0298. The van der Waals surface area contributed by atoms with Crippen LogP contribution in [0.4, 0.5) is 4.39 Å². The molecule has 2 aliphatic rings. The van der Waals surface area contributed by atoms with Gasteiger partial charge in [0, 0.05) is 32.1 Å². The summed E-state index contributed by atoms with van der Waals surface area (Å²) in [5.41, 5.74) is 7.39. The molecular weight excluding hydrogens is 357 g/mol. The molecule has 28 heavy (non-hydrogen) atoms. The minimum Gasteiger partial charge on any atom is -0.396 e. The quantitative estimate of drug-likeness (QED) is 0.792. The van der Waals surface area contributed by atoms with Crippen LogP contribution in [0.3, 0.4) is 0 Å². The highest BCUT2D eigenvalue weighted by molar-refractivity contribution is 6.09. The summed E-state index contributed by atoms with van der Waals surface area (Å²) in [6.07, 6.45) is 3.42. The van der Waals surface area contributed by atoms with Gasteiger partial charge in [0.1, 0.15) is 12.2 Å². The Labute approximate surface area is 165 Å². The molecule has 1 aromatic rings. The van der Waals surface area contributed by atoms with Crippen LogP contribution in [0.15, 0.2) is 46.6 Å². The van der Waals surface area contributed by atoms with E-state index in [4.69, 9.17) is 5.73 Å². The highest BCUT2D eigenvalue weighted by atomic mass is 19.1. The van der Waals surface area contributed by atoms with Gasteiger partial charge in [-0.05, 0) is 43.2 Å². The number of Topliss-reactive ketones (excluding diaryl/α,β-unsaturated/α-hetero) is 1. The van der Waals surface area contributed by atoms with Crippen LogP contribution in [0.5, 0.6) is 0 Å². The van der Waals surface area contributed by atoms with E-state index < -0.39 is 5.67 Å². The standard InChI is InChI=1S/C22H28FN3O2/c1-16(27)21(24)18-8-5-9-19(18)25-15-20(28)26-12-10-22(23,11-13-26)14-17-6-3-2-4-7-17/h2-4,6-7H,5,8-15,24H2,1H3/b21-18-,25-19?. The van der Waals surface area contributed by atoms with E-state index in [1.165, 1.54) is 6.92 Å². The van der Waals surface area contributed by atoms with Crippen molar-refractivity contribution in [3.63, 3.8) is 0 Å². The molecule has 0 radical (unpaired) electrons. The fraction of sp³-hybridized carbons (Fsp3) is 0.500. The third-order valence-electron chi connectivity index (χ3n) is 5.67. The van der Waals surface area contributed by atoms with E-state index >= 15 is 4.39 Å². The Morgan fingerprint density at radius 2 is 1.86 bits per heavy atom. The number of hydrogen-bond acceptors (Lipinski definition) is 4. The summed E-state index contributed by atoms with van der Waals surface area (Å²) >= 11 is 0. The van der Waals surface area contributed by atoms with Crippen LogP contribution in [0, 0.1) is 0 Å². The molecule has 1 saturated heterocycles. The van der Waals surface area contributed by atoms with Crippen molar-refractivity contribution in [3.05, 3.63) is 47.2 Å². The average molecular weight is 385 g/mol. The SMILES string of the molecule is CC(=O)/C(N)=C1\CCCC1=NCC(=O)N1CCC(F)(Cc2ccccc2)CC1. The van der Waals surface area contributed by atoms with Gasteiger partial charge in [0.15, 0.2) is 5.78 Å². The van der Waals surface area contributed by atoms with E-state index in [0.717, 1.165) is 36.1 Å². The second-order valence-electron chi connectivity index (χ2n) is 7.76. The molecule has 1 amide bonds. The summed E-state index contributed by atoms with van der Waals surface area (Å²) in [5, 5.41) is 0. The van der Waals surface area contributed by atoms with Crippen LogP contribution >= 0.6 is 0 Å². The fourth-order valence-electron chi connectivity index (χ4n) is 3.96. The first-order valence-corrected chi connectivity index (χ1v) is 9.92. The average Bonchev–Trinajstić information content (AvgIpc) is 3.15. The predicted molar refractivity (Wildman–Crippen MR) is 108 cm³/mol. The molecule has 0 unspecified atom stereocenters. The fourth-order valence-corrected chi connectivity index (χ4v) is 3.96. The number of alkyl halides is 1. The lowest BCUT2D eigenvalue weighted by Gasteiger charge is -2.36. The smallest absolute Gasteiger partial charge is 0.244 e. The first-order valence-electron chi connectivity index (χ1n) is 9.92. The van der Waals surface area contributed by atoms with Gasteiger partial charge in [-0.2, -0.15) is 0 Å². The lowest BCUT2D eigenvalue weighted by atomic mass is 9.87. The molecule has 0 aromatic heterocycles. The monoisotopic (exact) mass is 385 g/mol. The summed E-state index contributed by atoms with van der Waals surface area (Å²) in [6.45, 7) is 2.29. The van der Waals surface area contributed by atoms with Crippen LogP contribution in [-0.4, -0.2) is 47.6 Å². The lowest BCUT2D eigenvalue weighted by molar-refractivity contribution is -0.132. The molecule has 5 nitrogen and oxygen atoms in total. The lowest BCUT2D eigenvalue weighted by Crippen LogP contribution is -2.46. The van der Waals surface area contributed by atoms with E-state index in [9.17, 15) is 9.59 Å². The molecule has 1 heterocycles. The van der Waals surface area contributed by atoms with Gasteiger partial charge >= 0.3 is 0 Å². The Kier molecular flexibility index (Phi) is 6.27. The molecule has 1 aliphatic heterocycles. The van der Waals surface area contributed by atoms with Crippen LogP contribution in [0.2, 0.25) is 0 Å². The van der Waals surface area contributed by atoms with Gasteiger partial charge in [0.2, 0.25) is 5.91 Å². The summed E-state index contributed by atoms with van der Waals surface area (Å²) in [6, 6.07) is 9.64. The van der Waals surface area contributed by atoms with Crippen molar-refractivity contribution in [2.24, 2.45) is 10.7 Å². The number of hydrogen-bond donors (Lipinski definition) is 1. The van der Waals surface area contributed by atoms with E-state index in [1.54, 1.807) is 4.90 Å². The van der Waals surface area contributed by atoms with Gasteiger partial charge in [-0.1, -0.05) is 30.3 Å². The van der Waals surface area contributed by atoms with Crippen molar-refractivity contribution in [3.8, 4) is 0 Å². The Morgan fingerprint density at radius 1 is 1.18 bits per heavy atom. The molecule has 0 spiro atoms. The topological polar surface area (TPSA) is 75.8 Å². The zero-order valence-electron chi connectivity index (χ0n) is 16.4. The maximum Gasteiger partial charge on any atom is 0.244 e. The molecule has 0 atom stereocenters. The van der Waals surface area contributed by atoms with Gasteiger partial charge in [-0.15, -0.1) is 0 Å². The molecule has 1 saturated carbocycles. The highest BCUT2D eigenvalue weighted by Gasteiger charge is 2.36. The molecule has 1 aromatic carbocycles. The Morgan fingerprint density at radius 3 is 2.50 bits per heavy atom. The molecule has 2 fully saturated rings. The maximum absolute atomic E-state index is 15.1. The zero-order valence-corrected chi connectivity index (χ0v) is 16.4. The summed E-state index contributed by atoms with van der Waals surface area (Å²) in [4.78, 5) is 30.1. The second-order valence-corrected chi connectivity index (χ2v) is 7.76. The largest absolute Gasteiger partial charge is 0.396 e. The number of benzene rings is 1. The van der Waals surface area contributed by atoms with Gasteiger partial charge in [0.05, 0.1) is 5.70 Å². The molecular formula is C22H28FN3O2. The number of carbonyl (C=O) groups is 2. The number of amides is 1. The van der Waals surface area contributed by atoms with Crippen LogP contribution in [0.25, 0.3) is 0 Å². The van der Waals surface area contributed by atoms with Crippen LogP contribution in [-0.2, 0) is 16.0 Å². The minimum atomic E-state index is -1.26. The van der Waals surface area contributed by atoms with Crippen molar-refractivity contribution < 1.29 is 14.0 Å². The number of ketones is 1. The maximum atomic E-state index is 15.1. The van der Waals surface area contributed by atoms with E-state index in [2.05, 4.69) is 4.99 Å². The Hall–Kier alpha value is -2.50. The molecule has 6 heteroatoms. The van der Waals surface area contributed by atoms with Crippen molar-refractivity contribution >= 4 is 17.4 Å². The number of likely N-dealkylation sites (tertiary alicyclic amines) is 1. The Bertz CT molecular complexity index is 793. The number of nitrogens with zero attached hydrogens (tertiary/aromatic N) is 2. The van der Waals surface area contributed by atoms with E-state index in [-0.39, 0.29) is 23.9 Å². The van der Waals surface area contributed by atoms with Gasteiger partial charge in [0.25, 0.3) is 0 Å². The van der Waals surface area contributed by atoms with Crippen molar-refractivity contribution in [1.82, 2.24) is 4.90 Å². The van der Waals surface area contributed by atoms with Crippen LogP contribution < -0.4 is 5.73 Å². The van der Waals surface area contributed by atoms with Crippen LogP contribution in [0.1, 0.15) is 44.6 Å². The van der Waals surface area contributed by atoms with Gasteiger partial charge < -0.3 is 10.6 Å². The number of aliphatic imine (C=N–C) groups is 1. The predicted octanol–water partition coefficient (Wildman–Crippen LogP) is 2.99. The van der Waals surface area contributed by atoms with E-state index in [1.807, 2.05) is 30.3 Å². The van der Waals surface area contributed by atoms with Gasteiger partial charge in [-0.3, -0.25) is 14.6 Å². The van der Waals surface area contributed by atoms with Gasteiger partial charge in [-0.25, -0.2) is 4.39 Å². The number of piperidine rings is 1. The normalized spacial score (nSPS) is 22.4. The van der Waals surface area contributed by atoms with Crippen molar-refractivity contribution in [2.75, 3.05) is 19.6 Å². The second kappa shape index (κ2) is 8.67. The third-order valence-corrected chi connectivity index (χ3v) is 5.67. The molecule has 0 bridgehead atoms. The number of nitrogens with two attached hydrogens (primary N) is 1. The number of rotatable bonds is 5. The first-order chi connectivity index (χ1) is 13.4. The highest BCUT2D eigenvalue weighted by Crippen LogP contribution is 2.30. The molecule has 3 rings (SSSR count). The van der Waals surface area contributed by atoms with E-state index in [0.29, 0.717) is 32.4 Å². The summed E-state index contributed by atoms with van der Waals surface area (Å²) < 4.78 is 15.1. The third kappa shape index (κ3) is 4.86. The molecule has 150 valence electrons. The Balaban J connectivity index is 1.55. The van der Waals surface area contributed by atoms with Crippen molar-refractivity contribution in [1.29, 1.82) is 0 Å². The first kappa shape index (κ1) is 20.2. The number of halogens is 1.